The zero-order valence-corrected chi connectivity index (χ0v) is 19.0. The summed E-state index contributed by atoms with van der Waals surface area (Å²) in [5.41, 5.74) is 2.32. The summed E-state index contributed by atoms with van der Waals surface area (Å²) in [5, 5.41) is 18.3. The van der Waals surface area contributed by atoms with E-state index in [9.17, 15) is 10.1 Å². The summed E-state index contributed by atoms with van der Waals surface area (Å²) in [6, 6.07) is 6.77. The molecule has 0 saturated heterocycles. The Kier molecular flexibility index (Phi) is 10.2. The zero-order chi connectivity index (χ0) is 18.9. The van der Waals surface area contributed by atoms with E-state index >= 15 is 0 Å². The Bertz CT molecular complexity index is 762. The van der Waals surface area contributed by atoms with Gasteiger partial charge in [0.2, 0.25) is 0 Å². The maximum Gasteiger partial charge on any atom is 0.269 e. The van der Waals surface area contributed by atoms with Gasteiger partial charge in [-0.1, -0.05) is 12.1 Å². The molecule has 2 rings (SSSR count). The van der Waals surface area contributed by atoms with Gasteiger partial charge < -0.3 is 10.6 Å². The topological polar surface area (TPSA) is 92.5 Å². The Labute approximate surface area is 180 Å². The van der Waals surface area contributed by atoms with Crippen molar-refractivity contribution in [2.24, 2.45) is 4.99 Å². The van der Waals surface area contributed by atoms with Gasteiger partial charge in [-0.2, -0.15) is 0 Å². The van der Waals surface area contributed by atoms with Crippen LogP contribution < -0.4 is 10.6 Å². The minimum absolute atomic E-state index is 0. The van der Waals surface area contributed by atoms with Gasteiger partial charge >= 0.3 is 0 Å². The van der Waals surface area contributed by atoms with Crippen molar-refractivity contribution in [3.05, 3.63) is 55.5 Å². The van der Waals surface area contributed by atoms with Crippen LogP contribution in [0.4, 0.5) is 5.69 Å². The molecule has 27 heavy (non-hydrogen) atoms. The van der Waals surface area contributed by atoms with Crippen LogP contribution in [0.25, 0.3) is 0 Å². The Morgan fingerprint density at radius 2 is 1.93 bits per heavy atom. The molecule has 0 atom stereocenters. The van der Waals surface area contributed by atoms with Gasteiger partial charge in [-0.15, -0.1) is 35.3 Å². The summed E-state index contributed by atoms with van der Waals surface area (Å²) in [6.45, 7) is 5.58. The third-order valence-corrected chi connectivity index (χ3v) is 5.04. The number of non-ortho nitro benzene ring substituents is 1. The molecule has 1 aromatic carbocycles. The van der Waals surface area contributed by atoms with Gasteiger partial charge in [0.25, 0.3) is 5.69 Å². The number of nitrogens with zero attached hydrogens (tertiary/aromatic N) is 3. The smallest absolute Gasteiger partial charge is 0.269 e. The zero-order valence-electron chi connectivity index (χ0n) is 15.8. The van der Waals surface area contributed by atoms with Crippen LogP contribution in [0.5, 0.6) is 0 Å². The average Bonchev–Trinajstić information content (AvgIpc) is 2.95. The van der Waals surface area contributed by atoms with Crippen LogP contribution in [-0.2, 0) is 13.0 Å². The van der Waals surface area contributed by atoms with Crippen molar-refractivity contribution in [1.82, 2.24) is 15.6 Å². The molecule has 1 aromatic heterocycles. The Morgan fingerprint density at radius 3 is 2.48 bits per heavy atom. The van der Waals surface area contributed by atoms with Crippen molar-refractivity contribution < 1.29 is 4.92 Å². The van der Waals surface area contributed by atoms with Gasteiger partial charge in [-0.05, 0) is 38.7 Å². The minimum atomic E-state index is -0.374. The first kappa shape index (κ1) is 23.3. The highest BCUT2D eigenvalue weighted by Crippen LogP contribution is 2.16. The van der Waals surface area contributed by atoms with E-state index in [1.165, 1.54) is 4.88 Å². The highest BCUT2D eigenvalue weighted by atomic mass is 127. The van der Waals surface area contributed by atoms with Crippen LogP contribution in [0, 0.1) is 24.0 Å². The second-order valence-corrected chi connectivity index (χ2v) is 7.26. The van der Waals surface area contributed by atoms with Gasteiger partial charge in [0.05, 0.1) is 22.2 Å². The number of hydrogen-bond acceptors (Lipinski definition) is 5. The van der Waals surface area contributed by atoms with E-state index in [1.54, 1.807) is 30.5 Å². The fraction of sp³-hybridized carbons (Fsp3) is 0.444. The molecule has 0 aliphatic carbocycles. The first-order chi connectivity index (χ1) is 12.5. The first-order valence-corrected chi connectivity index (χ1v) is 9.42. The number of aromatic nitrogens is 1. The largest absolute Gasteiger partial charge is 0.356 e. The van der Waals surface area contributed by atoms with E-state index in [0.29, 0.717) is 0 Å². The number of halogens is 1. The maximum atomic E-state index is 10.6. The number of aryl methyl sites for hydroxylation is 3. The maximum absolute atomic E-state index is 10.6. The number of unbranched alkanes of at least 4 members (excludes halogenated alkanes) is 1. The summed E-state index contributed by atoms with van der Waals surface area (Å²) >= 11 is 1.70. The standard InChI is InChI=1S/C18H25N5O2S.HI/c1-13-17(26-14(2)22-13)12-21-18(19-3)20-11-5-4-6-15-7-9-16(10-8-15)23(24)25;/h7-10H,4-6,11-12H2,1-3H3,(H2,19,20,21);1H. The van der Waals surface area contributed by atoms with Crippen LogP contribution in [0.3, 0.4) is 0 Å². The lowest BCUT2D eigenvalue weighted by atomic mass is 10.1. The molecule has 7 nitrogen and oxygen atoms in total. The quantitative estimate of drug-likeness (QED) is 0.142. The van der Waals surface area contributed by atoms with Gasteiger partial charge in [0.1, 0.15) is 0 Å². The van der Waals surface area contributed by atoms with E-state index in [4.69, 9.17) is 0 Å². The van der Waals surface area contributed by atoms with Crippen LogP contribution in [0.1, 0.15) is 34.0 Å². The number of benzene rings is 1. The summed E-state index contributed by atoms with van der Waals surface area (Å²) in [6.07, 6.45) is 2.91. The van der Waals surface area contributed by atoms with Crippen molar-refractivity contribution in [2.45, 2.75) is 39.7 Å². The lowest BCUT2D eigenvalue weighted by Crippen LogP contribution is -2.37. The van der Waals surface area contributed by atoms with Crippen molar-refractivity contribution >= 4 is 47.0 Å². The Balaban J connectivity index is 0.00000364. The molecule has 0 saturated carbocycles. The van der Waals surface area contributed by atoms with Gasteiger partial charge in [-0.25, -0.2) is 4.98 Å². The molecular formula is C18H26IN5O2S. The van der Waals surface area contributed by atoms with Gasteiger partial charge in [0.15, 0.2) is 5.96 Å². The number of guanidine groups is 1. The number of hydrogen-bond donors (Lipinski definition) is 2. The molecule has 0 fully saturated rings. The highest BCUT2D eigenvalue weighted by molar-refractivity contribution is 14.0. The summed E-state index contributed by atoms with van der Waals surface area (Å²) < 4.78 is 0. The van der Waals surface area contributed by atoms with E-state index < -0.39 is 0 Å². The van der Waals surface area contributed by atoms with E-state index in [1.807, 2.05) is 26.0 Å². The lowest BCUT2D eigenvalue weighted by Gasteiger charge is -2.11. The first-order valence-electron chi connectivity index (χ1n) is 8.60. The highest BCUT2D eigenvalue weighted by Gasteiger charge is 2.06. The molecule has 1 heterocycles. The third kappa shape index (κ3) is 7.79. The average molecular weight is 503 g/mol. The Morgan fingerprint density at radius 1 is 1.22 bits per heavy atom. The summed E-state index contributed by atoms with van der Waals surface area (Å²) in [7, 11) is 1.76. The number of aliphatic imine (C=N–C) groups is 1. The summed E-state index contributed by atoms with van der Waals surface area (Å²) in [4.78, 5) is 20.2. The molecule has 0 unspecified atom stereocenters. The van der Waals surface area contributed by atoms with Crippen molar-refractivity contribution in [2.75, 3.05) is 13.6 Å². The fourth-order valence-corrected chi connectivity index (χ4v) is 3.44. The van der Waals surface area contributed by atoms with E-state index in [2.05, 4.69) is 20.6 Å². The molecule has 0 amide bonds. The monoisotopic (exact) mass is 503 g/mol. The molecule has 9 heteroatoms. The number of nitro groups is 1. The van der Waals surface area contributed by atoms with Crippen molar-refractivity contribution in [3.8, 4) is 0 Å². The van der Waals surface area contributed by atoms with Crippen LogP contribution >= 0.6 is 35.3 Å². The number of nitro benzene ring substituents is 1. The molecule has 0 spiro atoms. The SMILES string of the molecule is CN=C(NCCCCc1ccc([N+](=O)[O-])cc1)NCc1sc(C)nc1C.I. The minimum Gasteiger partial charge on any atom is -0.356 e. The lowest BCUT2D eigenvalue weighted by molar-refractivity contribution is -0.384. The molecular weight excluding hydrogens is 477 g/mol. The second-order valence-electron chi connectivity index (χ2n) is 5.97. The predicted octanol–water partition coefficient (Wildman–Crippen LogP) is 3.97. The molecule has 0 aliphatic heterocycles. The van der Waals surface area contributed by atoms with Crippen molar-refractivity contribution in [1.29, 1.82) is 0 Å². The third-order valence-electron chi connectivity index (χ3n) is 3.97. The number of rotatable bonds is 8. The molecule has 148 valence electrons. The van der Waals surface area contributed by atoms with Gasteiger partial charge in [0, 0.05) is 30.6 Å². The molecule has 0 bridgehead atoms. The normalized spacial score (nSPS) is 11.0. The van der Waals surface area contributed by atoms with E-state index in [0.717, 1.165) is 54.6 Å². The van der Waals surface area contributed by atoms with Crippen LogP contribution in [0.15, 0.2) is 29.3 Å². The second kappa shape index (κ2) is 11.9. The Hall–Kier alpha value is -1.75. The number of thiazole rings is 1. The molecule has 2 aromatic rings. The van der Waals surface area contributed by atoms with E-state index in [-0.39, 0.29) is 34.6 Å². The molecule has 0 radical (unpaired) electrons. The predicted molar refractivity (Wildman–Crippen MR) is 121 cm³/mol. The van der Waals surface area contributed by atoms with Crippen molar-refractivity contribution in [3.63, 3.8) is 0 Å². The summed E-state index contributed by atoms with van der Waals surface area (Å²) in [5.74, 6) is 0.783. The van der Waals surface area contributed by atoms with Crippen LogP contribution in [0.2, 0.25) is 0 Å². The molecule has 2 N–H and O–H groups in total. The molecule has 0 aliphatic rings. The van der Waals surface area contributed by atoms with Crippen LogP contribution in [-0.4, -0.2) is 29.5 Å². The number of nitrogens with one attached hydrogen (secondary N) is 2. The van der Waals surface area contributed by atoms with Gasteiger partial charge in [-0.3, -0.25) is 15.1 Å². The fourth-order valence-electron chi connectivity index (χ4n) is 2.57.